The number of ketones is 1. The van der Waals surface area contributed by atoms with E-state index in [0.29, 0.717) is 0 Å². The fourth-order valence-corrected chi connectivity index (χ4v) is 2.87. The minimum atomic E-state index is -0.859. The van der Waals surface area contributed by atoms with Gasteiger partial charge in [0.2, 0.25) is 0 Å². The van der Waals surface area contributed by atoms with Gasteiger partial charge < -0.3 is 5.11 Å². The van der Waals surface area contributed by atoms with Crippen LogP contribution in [0.15, 0.2) is 6.07 Å². The van der Waals surface area contributed by atoms with E-state index in [-0.39, 0.29) is 18.6 Å². The predicted molar refractivity (Wildman–Crippen MR) is 68.8 cm³/mol. The molecule has 0 spiro atoms. The SMILES string of the molecule is Cc1cc(C)c(C(=O)CC(C)(C)CC(=O)O)s1. The molecule has 4 heteroatoms. The third-order valence-electron chi connectivity index (χ3n) is 2.56. The highest BCUT2D eigenvalue weighted by Gasteiger charge is 2.27. The van der Waals surface area contributed by atoms with Crippen LogP contribution in [0.3, 0.4) is 0 Å². The molecule has 94 valence electrons. The zero-order valence-electron chi connectivity index (χ0n) is 10.7. The Balaban J connectivity index is 2.79. The minimum absolute atomic E-state index is 0.0160. The molecule has 0 aliphatic rings. The Morgan fingerprint density at radius 3 is 2.29 bits per heavy atom. The first-order chi connectivity index (χ1) is 7.71. The van der Waals surface area contributed by atoms with Crippen LogP contribution in [0.1, 0.15) is 46.8 Å². The van der Waals surface area contributed by atoms with Gasteiger partial charge in [-0.3, -0.25) is 9.59 Å². The molecular formula is C13H18O3S. The third kappa shape index (κ3) is 3.97. The van der Waals surface area contributed by atoms with E-state index in [1.54, 1.807) is 0 Å². The molecule has 0 radical (unpaired) electrons. The van der Waals surface area contributed by atoms with Crippen LogP contribution < -0.4 is 0 Å². The molecule has 0 fully saturated rings. The van der Waals surface area contributed by atoms with Gasteiger partial charge in [0, 0.05) is 11.3 Å². The van der Waals surface area contributed by atoms with Gasteiger partial charge in [-0.05, 0) is 30.9 Å². The van der Waals surface area contributed by atoms with Gasteiger partial charge in [0.15, 0.2) is 5.78 Å². The predicted octanol–water partition coefficient (Wildman–Crippen LogP) is 3.44. The van der Waals surface area contributed by atoms with Gasteiger partial charge in [-0.25, -0.2) is 0 Å². The normalized spacial score (nSPS) is 11.5. The summed E-state index contributed by atoms with van der Waals surface area (Å²) < 4.78 is 0. The summed E-state index contributed by atoms with van der Waals surface area (Å²) in [5.74, 6) is -0.811. The van der Waals surface area contributed by atoms with Crippen molar-refractivity contribution in [2.75, 3.05) is 0 Å². The summed E-state index contributed by atoms with van der Waals surface area (Å²) in [6, 6.07) is 1.99. The van der Waals surface area contributed by atoms with Crippen LogP contribution in [0.4, 0.5) is 0 Å². The highest BCUT2D eigenvalue weighted by molar-refractivity contribution is 7.14. The quantitative estimate of drug-likeness (QED) is 0.819. The summed E-state index contributed by atoms with van der Waals surface area (Å²) >= 11 is 1.49. The van der Waals surface area contributed by atoms with Crippen LogP contribution in [-0.2, 0) is 4.79 Å². The molecule has 0 unspecified atom stereocenters. The smallest absolute Gasteiger partial charge is 0.303 e. The maximum Gasteiger partial charge on any atom is 0.303 e. The monoisotopic (exact) mass is 254 g/mol. The van der Waals surface area contributed by atoms with E-state index in [1.165, 1.54) is 11.3 Å². The molecule has 17 heavy (non-hydrogen) atoms. The Morgan fingerprint density at radius 1 is 1.29 bits per heavy atom. The lowest BCUT2D eigenvalue weighted by Crippen LogP contribution is -2.21. The fourth-order valence-electron chi connectivity index (χ4n) is 1.91. The van der Waals surface area contributed by atoms with E-state index in [1.807, 2.05) is 33.8 Å². The number of carboxylic acids is 1. The second kappa shape index (κ2) is 5.00. The number of Topliss-reactive ketones (excluding diaryl/α,β-unsaturated/α-hetero) is 1. The standard InChI is InChI=1S/C13H18O3S/c1-8-5-9(2)17-12(8)10(14)6-13(3,4)7-11(15)16/h5H,6-7H2,1-4H3,(H,15,16). The van der Waals surface area contributed by atoms with Crippen LogP contribution in [0, 0.1) is 19.3 Å². The molecule has 0 atom stereocenters. The molecule has 0 aliphatic carbocycles. The summed E-state index contributed by atoms with van der Waals surface area (Å²) in [6.45, 7) is 7.52. The number of carbonyl (C=O) groups is 2. The van der Waals surface area contributed by atoms with Gasteiger partial charge >= 0.3 is 5.97 Å². The Kier molecular flexibility index (Phi) is 4.09. The largest absolute Gasteiger partial charge is 0.481 e. The Bertz CT molecular complexity index is 444. The summed E-state index contributed by atoms with van der Waals surface area (Å²) in [6.07, 6.45) is 0.294. The number of aryl methyl sites for hydroxylation is 2. The topological polar surface area (TPSA) is 54.4 Å². The fraction of sp³-hybridized carbons (Fsp3) is 0.538. The average Bonchev–Trinajstić information content (AvgIpc) is 2.41. The first-order valence-corrected chi connectivity index (χ1v) is 6.35. The summed E-state index contributed by atoms with van der Waals surface area (Å²) in [5, 5.41) is 8.78. The minimum Gasteiger partial charge on any atom is -0.481 e. The molecule has 0 amide bonds. The van der Waals surface area contributed by atoms with E-state index in [0.717, 1.165) is 15.3 Å². The zero-order valence-corrected chi connectivity index (χ0v) is 11.5. The van der Waals surface area contributed by atoms with Gasteiger partial charge in [-0.1, -0.05) is 13.8 Å². The number of hydrogen-bond acceptors (Lipinski definition) is 3. The highest BCUT2D eigenvalue weighted by Crippen LogP contribution is 2.30. The molecule has 1 rings (SSSR count). The zero-order chi connectivity index (χ0) is 13.2. The Morgan fingerprint density at radius 2 is 1.88 bits per heavy atom. The van der Waals surface area contributed by atoms with E-state index < -0.39 is 11.4 Å². The molecular weight excluding hydrogens is 236 g/mol. The van der Waals surface area contributed by atoms with Crippen LogP contribution in [0.5, 0.6) is 0 Å². The molecule has 0 saturated heterocycles. The van der Waals surface area contributed by atoms with Crippen LogP contribution >= 0.6 is 11.3 Å². The van der Waals surface area contributed by atoms with Crippen LogP contribution in [0.2, 0.25) is 0 Å². The Hall–Kier alpha value is -1.16. The van der Waals surface area contributed by atoms with Crippen molar-refractivity contribution >= 4 is 23.1 Å². The number of hydrogen-bond donors (Lipinski definition) is 1. The number of aliphatic carboxylic acids is 1. The van der Waals surface area contributed by atoms with Gasteiger partial charge in [0.05, 0.1) is 11.3 Å². The molecule has 0 saturated carbocycles. The van der Waals surface area contributed by atoms with Crippen molar-refractivity contribution in [1.29, 1.82) is 0 Å². The van der Waals surface area contributed by atoms with Crippen molar-refractivity contribution in [2.45, 2.75) is 40.5 Å². The second-order valence-electron chi connectivity index (χ2n) is 5.20. The number of rotatable bonds is 5. The number of carbonyl (C=O) groups excluding carboxylic acids is 1. The van der Waals surface area contributed by atoms with E-state index >= 15 is 0 Å². The first-order valence-electron chi connectivity index (χ1n) is 5.53. The van der Waals surface area contributed by atoms with Crippen molar-refractivity contribution in [3.05, 3.63) is 21.4 Å². The molecule has 0 aliphatic heterocycles. The second-order valence-corrected chi connectivity index (χ2v) is 6.46. The summed E-state index contributed by atoms with van der Waals surface area (Å²) in [7, 11) is 0. The molecule has 1 aromatic heterocycles. The van der Waals surface area contributed by atoms with Crippen molar-refractivity contribution in [1.82, 2.24) is 0 Å². The van der Waals surface area contributed by atoms with Crippen molar-refractivity contribution < 1.29 is 14.7 Å². The molecule has 0 aromatic carbocycles. The van der Waals surface area contributed by atoms with Crippen molar-refractivity contribution in [3.63, 3.8) is 0 Å². The molecule has 3 nitrogen and oxygen atoms in total. The number of carboxylic acid groups (broad SMARTS) is 1. The maximum absolute atomic E-state index is 12.1. The third-order valence-corrected chi connectivity index (χ3v) is 3.76. The molecule has 1 aromatic rings. The Labute approximate surface area is 105 Å². The van der Waals surface area contributed by atoms with Gasteiger partial charge in [-0.2, -0.15) is 0 Å². The summed E-state index contributed by atoms with van der Waals surface area (Å²) in [5.41, 5.74) is 0.497. The lowest BCUT2D eigenvalue weighted by Gasteiger charge is -2.20. The molecule has 1 heterocycles. The number of thiophene rings is 1. The van der Waals surface area contributed by atoms with Gasteiger partial charge in [0.1, 0.15) is 0 Å². The first kappa shape index (κ1) is 13.9. The van der Waals surface area contributed by atoms with Crippen molar-refractivity contribution in [3.8, 4) is 0 Å². The molecule has 1 N–H and O–H groups in total. The molecule has 0 bridgehead atoms. The lowest BCUT2D eigenvalue weighted by molar-refractivity contribution is -0.139. The maximum atomic E-state index is 12.1. The lowest BCUT2D eigenvalue weighted by atomic mass is 9.83. The van der Waals surface area contributed by atoms with Crippen LogP contribution in [0.25, 0.3) is 0 Å². The van der Waals surface area contributed by atoms with Gasteiger partial charge in [0.25, 0.3) is 0 Å². The average molecular weight is 254 g/mol. The van der Waals surface area contributed by atoms with E-state index in [4.69, 9.17) is 5.11 Å². The van der Waals surface area contributed by atoms with E-state index in [2.05, 4.69) is 0 Å². The van der Waals surface area contributed by atoms with Crippen molar-refractivity contribution in [2.24, 2.45) is 5.41 Å². The van der Waals surface area contributed by atoms with E-state index in [9.17, 15) is 9.59 Å². The van der Waals surface area contributed by atoms with Crippen LogP contribution in [-0.4, -0.2) is 16.9 Å². The highest BCUT2D eigenvalue weighted by atomic mass is 32.1. The van der Waals surface area contributed by atoms with Gasteiger partial charge in [-0.15, -0.1) is 11.3 Å². The summed E-state index contributed by atoms with van der Waals surface area (Å²) in [4.78, 5) is 24.7.